The first kappa shape index (κ1) is 24.3. The van der Waals surface area contributed by atoms with Crippen molar-refractivity contribution < 1.29 is 28.7 Å². The molecular weight excluding hydrogens is 428 g/mol. The van der Waals surface area contributed by atoms with Crippen LogP contribution in [0.2, 0.25) is 0 Å². The van der Waals surface area contributed by atoms with Gasteiger partial charge in [0.2, 0.25) is 5.91 Å². The lowest BCUT2D eigenvalue weighted by molar-refractivity contribution is -0.143. The molecule has 1 aromatic carbocycles. The summed E-state index contributed by atoms with van der Waals surface area (Å²) in [5, 5.41) is 3.11. The maximum absolute atomic E-state index is 13.1. The third-order valence-electron chi connectivity index (χ3n) is 5.58. The van der Waals surface area contributed by atoms with Crippen LogP contribution in [0, 0.1) is 0 Å². The molecule has 0 saturated carbocycles. The van der Waals surface area contributed by atoms with Crippen LogP contribution in [0.15, 0.2) is 18.2 Å². The number of hydrogen-bond donors (Lipinski definition) is 1. The predicted octanol–water partition coefficient (Wildman–Crippen LogP) is 1.70. The Morgan fingerprint density at radius 2 is 1.73 bits per heavy atom. The van der Waals surface area contributed by atoms with E-state index in [9.17, 15) is 19.2 Å². The first-order chi connectivity index (χ1) is 15.5. The van der Waals surface area contributed by atoms with Gasteiger partial charge < -0.3 is 29.5 Å². The summed E-state index contributed by atoms with van der Waals surface area (Å²) >= 11 is 0. The highest BCUT2D eigenvalue weighted by molar-refractivity contribution is 5.96. The van der Waals surface area contributed by atoms with Crippen molar-refractivity contribution in [3.05, 3.63) is 29.3 Å². The number of methoxy groups -OCH3 is 1. The molecule has 10 nitrogen and oxygen atoms in total. The lowest BCUT2D eigenvalue weighted by Crippen LogP contribution is -2.51. The number of esters is 1. The van der Waals surface area contributed by atoms with Crippen LogP contribution in [-0.2, 0) is 25.6 Å². The van der Waals surface area contributed by atoms with Crippen molar-refractivity contribution in [2.24, 2.45) is 0 Å². The fraction of sp³-hybridized carbons (Fsp3) is 0.565. The van der Waals surface area contributed by atoms with E-state index in [0.717, 1.165) is 5.56 Å². The number of nitrogens with zero attached hydrogens (tertiary/aromatic N) is 3. The van der Waals surface area contributed by atoms with Crippen LogP contribution in [0.4, 0.5) is 10.5 Å². The van der Waals surface area contributed by atoms with Crippen LogP contribution in [0.1, 0.15) is 43.1 Å². The molecule has 0 radical (unpaired) electrons. The van der Waals surface area contributed by atoms with E-state index in [1.165, 1.54) is 12.0 Å². The quantitative estimate of drug-likeness (QED) is 0.684. The molecule has 0 aliphatic carbocycles. The first-order valence-electron chi connectivity index (χ1n) is 11.0. The third kappa shape index (κ3) is 5.94. The Labute approximate surface area is 193 Å². The number of hydrogen-bond acceptors (Lipinski definition) is 7. The Hall–Kier alpha value is -3.30. The largest absolute Gasteiger partial charge is 0.469 e. The number of ether oxygens (including phenoxy) is 2. The summed E-state index contributed by atoms with van der Waals surface area (Å²) in [4.78, 5) is 54.5. The number of anilines is 1. The maximum atomic E-state index is 13.1. The highest BCUT2D eigenvalue weighted by Crippen LogP contribution is 2.26. The van der Waals surface area contributed by atoms with Gasteiger partial charge in [-0.25, -0.2) is 4.79 Å². The number of rotatable bonds is 3. The van der Waals surface area contributed by atoms with E-state index in [2.05, 4.69) is 5.32 Å². The summed E-state index contributed by atoms with van der Waals surface area (Å²) < 4.78 is 10.1. The summed E-state index contributed by atoms with van der Waals surface area (Å²) in [7, 11) is 2.94. The Morgan fingerprint density at radius 1 is 1.09 bits per heavy atom. The SMILES string of the molecule is COC(=O)CC1Nc2ccc(C(=O)N3CCN(C(=O)OC(C)(C)C)CC3)cc2CN(C)C1=O. The van der Waals surface area contributed by atoms with Gasteiger partial charge in [0, 0.05) is 51.0 Å². The summed E-state index contributed by atoms with van der Waals surface area (Å²) in [6.07, 6.45) is -0.457. The zero-order chi connectivity index (χ0) is 24.3. The van der Waals surface area contributed by atoms with Crippen LogP contribution in [0.25, 0.3) is 0 Å². The standard InChI is InChI=1S/C23H32N4O6/c1-23(2,3)33-22(31)27-10-8-26(9-11-27)20(29)15-6-7-17-16(12-15)14-25(4)21(30)18(24-17)13-19(28)32-5/h6-7,12,18,24H,8-11,13-14H2,1-5H3. The molecule has 1 unspecified atom stereocenters. The van der Waals surface area contributed by atoms with Crippen molar-refractivity contribution in [1.82, 2.24) is 14.7 Å². The van der Waals surface area contributed by atoms with Crippen LogP contribution in [0.5, 0.6) is 0 Å². The van der Waals surface area contributed by atoms with Crippen molar-refractivity contribution in [3.63, 3.8) is 0 Å². The topological polar surface area (TPSA) is 108 Å². The summed E-state index contributed by atoms with van der Waals surface area (Å²) in [5.41, 5.74) is 1.43. The molecule has 2 heterocycles. The molecule has 0 aromatic heterocycles. The number of amides is 3. The monoisotopic (exact) mass is 460 g/mol. The van der Waals surface area contributed by atoms with Crippen LogP contribution in [-0.4, -0.2) is 90.6 Å². The minimum absolute atomic E-state index is 0.0816. The van der Waals surface area contributed by atoms with Crippen molar-refractivity contribution in [2.45, 2.75) is 45.4 Å². The molecule has 1 N–H and O–H groups in total. The fourth-order valence-electron chi connectivity index (χ4n) is 3.84. The number of fused-ring (bicyclic) bond motifs is 1. The summed E-state index contributed by atoms with van der Waals surface area (Å²) in [5.74, 6) is -0.830. The van der Waals surface area contributed by atoms with Gasteiger partial charge in [0.15, 0.2) is 0 Å². The van der Waals surface area contributed by atoms with E-state index in [1.807, 2.05) is 20.8 Å². The van der Waals surface area contributed by atoms with E-state index in [-0.39, 0.29) is 24.3 Å². The highest BCUT2D eigenvalue weighted by atomic mass is 16.6. The van der Waals surface area contributed by atoms with E-state index in [1.54, 1.807) is 35.0 Å². The maximum Gasteiger partial charge on any atom is 0.410 e. The Morgan fingerprint density at radius 3 is 2.33 bits per heavy atom. The number of nitrogens with one attached hydrogen (secondary N) is 1. The third-order valence-corrected chi connectivity index (χ3v) is 5.58. The van der Waals surface area contributed by atoms with Gasteiger partial charge in [0.25, 0.3) is 5.91 Å². The second-order valence-corrected chi connectivity index (χ2v) is 9.30. The van der Waals surface area contributed by atoms with E-state index >= 15 is 0 Å². The zero-order valence-corrected chi connectivity index (χ0v) is 19.8. The van der Waals surface area contributed by atoms with Crippen molar-refractivity contribution in [1.29, 1.82) is 0 Å². The minimum Gasteiger partial charge on any atom is -0.469 e. The van der Waals surface area contributed by atoms with Gasteiger partial charge in [0.05, 0.1) is 13.5 Å². The van der Waals surface area contributed by atoms with Gasteiger partial charge in [-0.05, 0) is 44.5 Å². The molecule has 180 valence electrons. The molecule has 0 spiro atoms. The van der Waals surface area contributed by atoms with Crippen molar-refractivity contribution in [3.8, 4) is 0 Å². The Bertz CT molecular complexity index is 933. The molecule has 1 fully saturated rings. The molecule has 2 aliphatic heterocycles. The summed E-state index contributed by atoms with van der Waals surface area (Å²) in [6, 6.07) is 4.51. The van der Waals surface area contributed by atoms with Gasteiger partial charge in [-0.15, -0.1) is 0 Å². The molecule has 1 saturated heterocycles. The molecule has 1 aromatic rings. The molecule has 1 atom stereocenters. The van der Waals surface area contributed by atoms with E-state index in [4.69, 9.17) is 9.47 Å². The number of carbonyl (C=O) groups is 4. The molecule has 3 rings (SSSR count). The lowest BCUT2D eigenvalue weighted by Gasteiger charge is -2.35. The Kier molecular flexibility index (Phi) is 7.14. The van der Waals surface area contributed by atoms with Gasteiger partial charge in [-0.2, -0.15) is 0 Å². The number of carbonyl (C=O) groups excluding carboxylic acids is 4. The first-order valence-corrected chi connectivity index (χ1v) is 11.0. The molecular formula is C23H32N4O6. The Balaban J connectivity index is 1.68. The minimum atomic E-state index is -0.730. The average Bonchev–Trinajstić information content (AvgIpc) is 2.88. The van der Waals surface area contributed by atoms with Gasteiger partial charge >= 0.3 is 12.1 Å². The fourth-order valence-corrected chi connectivity index (χ4v) is 3.84. The molecule has 2 aliphatic rings. The van der Waals surface area contributed by atoms with Gasteiger partial charge in [-0.1, -0.05) is 0 Å². The highest BCUT2D eigenvalue weighted by Gasteiger charge is 2.31. The number of piperazine rings is 1. The van der Waals surface area contributed by atoms with Crippen LogP contribution >= 0.6 is 0 Å². The molecule has 33 heavy (non-hydrogen) atoms. The molecule has 3 amide bonds. The molecule has 0 bridgehead atoms. The van der Waals surface area contributed by atoms with Crippen molar-refractivity contribution in [2.75, 3.05) is 45.7 Å². The molecule has 10 heteroatoms. The second kappa shape index (κ2) is 9.68. The summed E-state index contributed by atoms with van der Waals surface area (Å²) in [6.45, 7) is 7.40. The second-order valence-electron chi connectivity index (χ2n) is 9.30. The lowest BCUT2D eigenvalue weighted by atomic mass is 10.1. The number of benzene rings is 1. The zero-order valence-electron chi connectivity index (χ0n) is 19.8. The van der Waals surface area contributed by atoms with Crippen LogP contribution in [0.3, 0.4) is 0 Å². The number of likely N-dealkylation sites (N-methyl/N-ethyl adjacent to an activating group) is 1. The van der Waals surface area contributed by atoms with Crippen LogP contribution < -0.4 is 5.32 Å². The van der Waals surface area contributed by atoms with Gasteiger partial charge in [-0.3, -0.25) is 14.4 Å². The van der Waals surface area contributed by atoms with Gasteiger partial charge in [0.1, 0.15) is 11.6 Å². The predicted molar refractivity (Wildman–Crippen MR) is 121 cm³/mol. The van der Waals surface area contributed by atoms with E-state index in [0.29, 0.717) is 44.0 Å². The van der Waals surface area contributed by atoms with Crippen molar-refractivity contribution >= 4 is 29.6 Å². The smallest absolute Gasteiger partial charge is 0.410 e. The van der Waals surface area contributed by atoms with E-state index < -0.39 is 17.6 Å². The normalized spacial score (nSPS) is 18.8. The average molecular weight is 461 g/mol.